The van der Waals surface area contributed by atoms with Crippen LogP contribution in [-0.4, -0.2) is 42.4 Å². The third-order valence-corrected chi connectivity index (χ3v) is 4.22. The summed E-state index contributed by atoms with van der Waals surface area (Å²) in [6.45, 7) is 3.49. The first-order valence-electron chi connectivity index (χ1n) is 7.20. The summed E-state index contributed by atoms with van der Waals surface area (Å²) in [5.41, 5.74) is 7.71. The molecule has 3 rings (SSSR count). The van der Waals surface area contributed by atoms with Crippen LogP contribution in [0.1, 0.15) is 18.4 Å². The average molecular weight is 307 g/mol. The number of hydrogen-bond donors (Lipinski definition) is 1. The minimum Gasteiger partial charge on any atom is -0.384 e. The Morgan fingerprint density at radius 1 is 1.38 bits per heavy atom. The van der Waals surface area contributed by atoms with Crippen molar-refractivity contribution in [2.45, 2.75) is 12.8 Å². The van der Waals surface area contributed by atoms with Gasteiger partial charge in [0.05, 0.1) is 23.5 Å². The van der Waals surface area contributed by atoms with Crippen molar-refractivity contribution in [2.75, 3.05) is 32.0 Å². The maximum Gasteiger partial charge on any atom is 0.124 e. The number of aliphatic imine (C=N–C) groups is 1. The summed E-state index contributed by atoms with van der Waals surface area (Å²) in [6, 6.07) is 1.81. The van der Waals surface area contributed by atoms with Crippen LogP contribution in [0.2, 0.25) is 5.02 Å². The molecule has 2 N–H and O–H groups in total. The number of pyridine rings is 1. The van der Waals surface area contributed by atoms with Gasteiger partial charge in [0.2, 0.25) is 0 Å². The Morgan fingerprint density at radius 3 is 3.00 bits per heavy atom. The summed E-state index contributed by atoms with van der Waals surface area (Å²) in [5.74, 6) is 1.11. The number of nitrogen functional groups attached to an aromatic ring is 1. The van der Waals surface area contributed by atoms with E-state index < -0.39 is 0 Å². The molecule has 1 aromatic heterocycles. The van der Waals surface area contributed by atoms with Gasteiger partial charge in [0.15, 0.2) is 0 Å². The Kier molecular flexibility index (Phi) is 4.41. The molecular weight excluding hydrogens is 288 g/mol. The summed E-state index contributed by atoms with van der Waals surface area (Å²) in [5, 5.41) is 0.601. The Bertz CT molecular complexity index is 567. The molecule has 3 heterocycles. The molecule has 112 valence electrons. The average Bonchev–Trinajstić information content (AvgIpc) is 2.51. The number of halogens is 1. The summed E-state index contributed by atoms with van der Waals surface area (Å²) < 4.78 is 5.43. The SMILES string of the molecule is Nc1cc(C2=CN=CCN2CC2CCOCC2)c(Cl)cn1. The summed E-state index contributed by atoms with van der Waals surface area (Å²) in [6.07, 6.45) is 7.57. The van der Waals surface area contributed by atoms with Gasteiger partial charge >= 0.3 is 0 Å². The number of nitrogens with two attached hydrogens (primary N) is 1. The molecule has 0 amide bonds. The molecule has 1 fully saturated rings. The van der Waals surface area contributed by atoms with Crippen LogP contribution < -0.4 is 5.73 Å². The monoisotopic (exact) mass is 306 g/mol. The molecule has 0 atom stereocenters. The summed E-state index contributed by atoms with van der Waals surface area (Å²) in [4.78, 5) is 10.6. The smallest absolute Gasteiger partial charge is 0.124 e. The van der Waals surface area contributed by atoms with Gasteiger partial charge in [0.25, 0.3) is 0 Å². The van der Waals surface area contributed by atoms with Crippen LogP contribution in [-0.2, 0) is 4.74 Å². The quantitative estimate of drug-likeness (QED) is 0.931. The van der Waals surface area contributed by atoms with E-state index in [0.29, 0.717) is 16.8 Å². The van der Waals surface area contributed by atoms with Gasteiger partial charge in [-0.3, -0.25) is 4.99 Å². The Labute approximate surface area is 129 Å². The van der Waals surface area contributed by atoms with E-state index in [-0.39, 0.29) is 0 Å². The van der Waals surface area contributed by atoms with Crippen molar-refractivity contribution in [2.24, 2.45) is 10.9 Å². The first kappa shape index (κ1) is 14.4. The first-order chi connectivity index (χ1) is 10.2. The van der Waals surface area contributed by atoms with Gasteiger partial charge in [-0.1, -0.05) is 11.6 Å². The van der Waals surface area contributed by atoms with Crippen LogP contribution in [0.5, 0.6) is 0 Å². The first-order valence-corrected chi connectivity index (χ1v) is 7.57. The molecule has 0 radical (unpaired) electrons. The number of rotatable bonds is 3. The molecule has 0 aliphatic carbocycles. The second-order valence-corrected chi connectivity index (χ2v) is 5.80. The number of ether oxygens (including phenoxy) is 1. The van der Waals surface area contributed by atoms with Gasteiger partial charge in [-0.05, 0) is 24.8 Å². The van der Waals surface area contributed by atoms with E-state index in [4.69, 9.17) is 22.1 Å². The van der Waals surface area contributed by atoms with Gasteiger partial charge in [0.1, 0.15) is 5.82 Å². The van der Waals surface area contributed by atoms with Gasteiger partial charge in [0, 0.05) is 37.7 Å². The van der Waals surface area contributed by atoms with Crippen LogP contribution in [0.15, 0.2) is 23.5 Å². The topological polar surface area (TPSA) is 63.7 Å². The minimum atomic E-state index is 0.468. The van der Waals surface area contributed by atoms with Crippen molar-refractivity contribution < 1.29 is 4.74 Å². The maximum absolute atomic E-state index is 6.28. The summed E-state index contributed by atoms with van der Waals surface area (Å²) >= 11 is 6.28. The maximum atomic E-state index is 6.28. The molecule has 1 saturated heterocycles. The van der Waals surface area contributed by atoms with Crippen LogP contribution in [0.4, 0.5) is 5.82 Å². The molecule has 0 bridgehead atoms. The predicted octanol–water partition coefficient (Wildman–Crippen LogP) is 2.43. The number of hydrogen-bond acceptors (Lipinski definition) is 5. The zero-order valence-corrected chi connectivity index (χ0v) is 12.6. The zero-order valence-electron chi connectivity index (χ0n) is 11.8. The number of anilines is 1. The van der Waals surface area contributed by atoms with E-state index in [9.17, 15) is 0 Å². The van der Waals surface area contributed by atoms with Gasteiger partial charge < -0.3 is 15.4 Å². The predicted molar refractivity (Wildman–Crippen MR) is 85.2 cm³/mol. The Balaban J connectivity index is 1.82. The fourth-order valence-electron chi connectivity index (χ4n) is 2.75. The normalized spacial score (nSPS) is 19.7. The third kappa shape index (κ3) is 3.36. The highest BCUT2D eigenvalue weighted by Crippen LogP contribution is 2.30. The highest BCUT2D eigenvalue weighted by molar-refractivity contribution is 6.32. The molecule has 0 spiro atoms. The number of aromatic nitrogens is 1. The van der Waals surface area contributed by atoms with Crippen LogP contribution in [0.25, 0.3) is 5.70 Å². The molecule has 1 aromatic rings. The Hall–Kier alpha value is -1.59. The van der Waals surface area contributed by atoms with Crippen molar-refractivity contribution in [3.8, 4) is 0 Å². The van der Waals surface area contributed by atoms with E-state index in [1.165, 1.54) is 0 Å². The van der Waals surface area contributed by atoms with Crippen LogP contribution in [0.3, 0.4) is 0 Å². The van der Waals surface area contributed by atoms with Crippen molar-refractivity contribution in [1.29, 1.82) is 0 Å². The zero-order chi connectivity index (χ0) is 14.7. The van der Waals surface area contributed by atoms with E-state index in [2.05, 4.69) is 14.9 Å². The molecule has 21 heavy (non-hydrogen) atoms. The molecule has 2 aliphatic rings. The van der Waals surface area contributed by atoms with Crippen LogP contribution in [0, 0.1) is 5.92 Å². The third-order valence-electron chi connectivity index (χ3n) is 3.92. The largest absolute Gasteiger partial charge is 0.384 e. The van der Waals surface area contributed by atoms with E-state index in [1.54, 1.807) is 6.20 Å². The fourth-order valence-corrected chi connectivity index (χ4v) is 2.95. The fraction of sp³-hybridized carbons (Fsp3) is 0.467. The van der Waals surface area contributed by atoms with Crippen molar-refractivity contribution in [3.63, 3.8) is 0 Å². The number of nitrogens with zero attached hydrogens (tertiary/aromatic N) is 3. The second-order valence-electron chi connectivity index (χ2n) is 5.40. The van der Waals surface area contributed by atoms with Crippen molar-refractivity contribution in [1.82, 2.24) is 9.88 Å². The lowest BCUT2D eigenvalue weighted by Crippen LogP contribution is -2.34. The van der Waals surface area contributed by atoms with E-state index >= 15 is 0 Å². The Morgan fingerprint density at radius 2 is 2.19 bits per heavy atom. The van der Waals surface area contributed by atoms with E-state index in [1.807, 2.05) is 18.5 Å². The highest BCUT2D eigenvalue weighted by Gasteiger charge is 2.22. The highest BCUT2D eigenvalue weighted by atomic mass is 35.5. The van der Waals surface area contributed by atoms with E-state index in [0.717, 1.165) is 50.4 Å². The van der Waals surface area contributed by atoms with Crippen molar-refractivity contribution >= 4 is 29.3 Å². The standard InChI is InChI=1S/C15H19ClN4O/c16-13-8-19-15(17)7-12(13)14-9-18-3-4-20(14)10-11-1-5-21-6-2-11/h3,7-9,11H,1-2,4-6,10H2,(H2,17,19). The molecule has 6 heteroatoms. The van der Waals surface area contributed by atoms with Gasteiger partial charge in [-0.15, -0.1) is 0 Å². The van der Waals surface area contributed by atoms with Crippen LogP contribution >= 0.6 is 11.6 Å². The lowest BCUT2D eigenvalue weighted by Gasteiger charge is -2.33. The lowest BCUT2D eigenvalue weighted by molar-refractivity contribution is 0.0599. The molecular formula is C15H19ClN4O. The van der Waals surface area contributed by atoms with Gasteiger partial charge in [-0.25, -0.2) is 4.98 Å². The molecule has 2 aliphatic heterocycles. The van der Waals surface area contributed by atoms with Gasteiger partial charge in [-0.2, -0.15) is 0 Å². The molecule has 0 saturated carbocycles. The summed E-state index contributed by atoms with van der Waals surface area (Å²) in [7, 11) is 0. The second kappa shape index (κ2) is 6.45. The molecule has 0 unspecified atom stereocenters. The molecule has 5 nitrogen and oxygen atoms in total. The van der Waals surface area contributed by atoms with Crippen molar-refractivity contribution in [3.05, 3.63) is 29.0 Å². The lowest BCUT2D eigenvalue weighted by atomic mass is 9.98. The molecule has 0 aromatic carbocycles. The minimum absolute atomic E-state index is 0.468.